The highest BCUT2D eigenvalue weighted by Crippen LogP contribution is 2.31. The van der Waals surface area contributed by atoms with E-state index >= 15 is 0 Å². The van der Waals surface area contributed by atoms with Gasteiger partial charge < -0.3 is 5.11 Å². The number of hydrogen-bond donors (Lipinski definition) is 1. The van der Waals surface area contributed by atoms with Gasteiger partial charge in [0.2, 0.25) is 0 Å². The van der Waals surface area contributed by atoms with Crippen LogP contribution in [0.4, 0.5) is 4.39 Å². The summed E-state index contributed by atoms with van der Waals surface area (Å²) in [4.78, 5) is 0. The highest BCUT2D eigenvalue weighted by molar-refractivity contribution is 5.66. The maximum absolute atomic E-state index is 13.9. The predicted molar refractivity (Wildman–Crippen MR) is 80.4 cm³/mol. The number of nitrogens with zero attached hydrogens (tertiary/aromatic N) is 2. The second-order valence-corrected chi connectivity index (χ2v) is 5.92. The summed E-state index contributed by atoms with van der Waals surface area (Å²) in [6, 6.07) is 3.69. The van der Waals surface area contributed by atoms with E-state index in [1.165, 1.54) is 38.2 Å². The third kappa shape index (κ3) is 2.86. The number of hydrogen-bond acceptors (Lipinski definition) is 2. The molecule has 1 saturated carbocycles. The Hall–Kier alpha value is -1.68. The Morgan fingerprint density at radius 2 is 2.05 bits per heavy atom. The van der Waals surface area contributed by atoms with E-state index < -0.39 is 0 Å². The van der Waals surface area contributed by atoms with Crippen LogP contribution in [-0.2, 0) is 6.61 Å². The van der Waals surface area contributed by atoms with E-state index in [9.17, 15) is 4.39 Å². The van der Waals surface area contributed by atoms with Crippen molar-refractivity contribution < 1.29 is 9.50 Å². The zero-order valence-corrected chi connectivity index (χ0v) is 12.3. The fraction of sp³-hybridized carbons (Fsp3) is 0.471. The molecule has 0 unspecified atom stereocenters. The van der Waals surface area contributed by atoms with Crippen LogP contribution in [0.3, 0.4) is 0 Å². The van der Waals surface area contributed by atoms with E-state index in [2.05, 4.69) is 5.10 Å². The molecule has 3 rings (SSSR count). The smallest absolute Gasteiger partial charge is 0.129 e. The van der Waals surface area contributed by atoms with E-state index in [0.717, 1.165) is 16.7 Å². The molecule has 0 aliphatic heterocycles. The van der Waals surface area contributed by atoms with Gasteiger partial charge in [-0.3, -0.25) is 4.68 Å². The Kier molecular flexibility index (Phi) is 4.06. The summed E-state index contributed by atoms with van der Waals surface area (Å²) in [5, 5.41) is 13.6. The highest BCUT2D eigenvalue weighted by atomic mass is 19.1. The molecule has 3 nitrogen and oxygen atoms in total. The molecule has 0 atom stereocenters. The van der Waals surface area contributed by atoms with Crippen molar-refractivity contribution in [3.63, 3.8) is 0 Å². The lowest BCUT2D eigenvalue weighted by molar-refractivity contribution is 0.275. The molecule has 1 fully saturated rings. The molecule has 0 radical (unpaired) electrons. The van der Waals surface area contributed by atoms with Crippen molar-refractivity contribution in [3.8, 4) is 11.1 Å². The van der Waals surface area contributed by atoms with Gasteiger partial charge in [0, 0.05) is 17.3 Å². The standard InChI is InChI=1S/C17H21FN2O/c1-12-7-13(11-21)17(18)8-16(12)14-9-19-20(10-14)15-5-3-2-4-6-15/h7-10,15,21H,2-6,11H2,1H3. The second kappa shape index (κ2) is 5.98. The van der Waals surface area contributed by atoms with Crippen molar-refractivity contribution in [2.24, 2.45) is 0 Å². The molecule has 1 heterocycles. The molecule has 1 aliphatic carbocycles. The lowest BCUT2D eigenvalue weighted by atomic mass is 9.95. The molecular weight excluding hydrogens is 267 g/mol. The van der Waals surface area contributed by atoms with Gasteiger partial charge in [-0.15, -0.1) is 0 Å². The van der Waals surface area contributed by atoms with Crippen molar-refractivity contribution in [2.75, 3.05) is 0 Å². The second-order valence-electron chi connectivity index (χ2n) is 5.92. The van der Waals surface area contributed by atoms with Crippen LogP contribution >= 0.6 is 0 Å². The van der Waals surface area contributed by atoms with Crippen LogP contribution < -0.4 is 0 Å². The van der Waals surface area contributed by atoms with E-state index in [4.69, 9.17) is 5.11 Å². The van der Waals surface area contributed by atoms with Crippen LogP contribution in [0.5, 0.6) is 0 Å². The molecule has 1 N–H and O–H groups in total. The third-order valence-electron chi connectivity index (χ3n) is 4.43. The molecule has 1 aliphatic rings. The molecule has 0 bridgehead atoms. The molecule has 1 aromatic carbocycles. The van der Waals surface area contributed by atoms with Gasteiger partial charge in [0.25, 0.3) is 0 Å². The lowest BCUT2D eigenvalue weighted by Gasteiger charge is -2.21. The molecule has 4 heteroatoms. The van der Waals surface area contributed by atoms with E-state index in [-0.39, 0.29) is 12.4 Å². The van der Waals surface area contributed by atoms with Gasteiger partial charge in [-0.2, -0.15) is 5.10 Å². The Labute approximate surface area is 124 Å². The van der Waals surface area contributed by atoms with Crippen molar-refractivity contribution in [3.05, 3.63) is 41.5 Å². The number of aliphatic hydroxyl groups excluding tert-OH is 1. The lowest BCUT2D eigenvalue weighted by Crippen LogP contribution is -2.12. The molecule has 0 saturated heterocycles. The number of aryl methyl sites for hydroxylation is 1. The monoisotopic (exact) mass is 288 g/mol. The van der Waals surface area contributed by atoms with Gasteiger partial charge in [0.05, 0.1) is 18.8 Å². The maximum atomic E-state index is 13.9. The molecule has 112 valence electrons. The van der Waals surface area contributed by atoms with Crippen LogP contribution in [-0.4, -0.2) is 14.9 Å². The van der Waals surface area contributed by atoms with Crippen LogP contribution in [0.1, 0.15) is 49.3 Å². The number of halogens is 1. The number of aliphatic hydroxyl groups is 1. The average molecular weight is 288 g/mol. The minimum Gasteiger partial charge on any atom is -0.392 e. The quantitative estimate of drug-likeness (QED) is 0.927. The van der Waals surface area contributed by atoms with Crippen LogP contribution in [0, 0.1) is 12.7 Å². The topological polar surface area (TPSA) is 38.1 Å². The van der Waals surface area contributed by atoms with Crippen LogP contribution in [0.25, 0.3) is 11.1 Å². The molecule has 0 spiro atoms. The van der Waals surface area contributed by atoms with Crippen LogP contribution in [0.15, 0.2) is 24.5 Å². The Balaban J connectivity index is 1.90. The number of rotatable bonds is 3. The predicted octanol–water partition coefficient (Wildman–Crippen LogP) is 4.00. The summed E-state index contributed by atoms with van der Waals surface area (Å²) in [6.07, 6.45) is 10.0. The average Bonchev–Trinajstić information content (AvgIpc) is 2.99. The zero-order chi connectivity index (χ0) is 14.8. The minimum atomic E-state index is -0.358. The fourth-order valence-electron chi connectivity index (χ4n) is 3.20. The summed E-state index contributed by atoms with van der Waals surface area (Å²) in [5.74, 6) is -0.358. The van der Waals surface area contributed by atoms with Gasteiger partial charge in [0.1, 0.15) is 5.82 Å². The van der Waals surface area contributed by atoms with E-state index in [1.54, 1.807) is 6.07 Å². The normalized spacial score (nSPS) is 16.3. The molecule has 21 heavy (non-hydrogen) atoms. The van der Waals surface area contributed by atoms with Gasteiger partial charge >= 0.3 is 0 Å². The highest BCUT2D eigenvalue weighted by Gasteiger charge is 2.17. The first kappa shape index (κ1) is 14.3. The van der Waals surface area contributed by atoms with Crippen molar-refractivity contribution in [1.82, 2.24) is 9.78 Å². The minimum absolute atomic E-state index is 0.270. The Morgan fingerprint density at radius 1 is 1.29 bits per heavy atom. The molecule has 1 aromatic heterocycles. The number of aromatic nitrogens is 2. The van der Waals surface area contributed by atoms with Crippen LogP contribution in [0.2, 0.25) is 0 Å². The maximum Gasteiger partial charge on any atom is 0.129 e. The first-order valence-corrected chi connectivity index (χ1v) is 7.63. The van der Waals surface area contributed by atoms with Gasteiger partial charge in [-0.05, 0) is 37.0 Å². The Bertz CT molecular complexity index is 630. The molecule has 2 aromatic rings. The summed E-state index contributed by atoms with van der Waals surface area (Å²) >= 11 is 0. The number of benzene rings is 1. The first-order chi connectivity index (χ1) is 10.2. The van der Waals surface area contributed by atoms with E-state index in [0.29, 0.717) is 11.6 Å². The SMILES string of the molecule is Cc1cc(CO)c(F)cc1-c1cnn(C2CCCCC2)c1. The summed E-state index contributed by atoms with van der Waals surface area (Å²) in [5.41, 5.74) is 3.10. The van der Waals surface area contributed by atoms with Gasteiger partial charge in [-0.1, -0.05) is 25.3 Å². The zero-order valence-electron chi connectivity index (χ0n) is 12.3. The summed E-state index contributed by atoms with van der Waals surface area (Å²) < 4.78 is 15.9. The van der Waals surface area contributed by atoms with Crippen molar-refractivity contribution in [2.45, 2.75) is 51.7 Å². The fourth-order valence-corrected chi connectivity index (χ4v) is 3.20. The Morgan fingerprint density at radius 3 is 2.76 bits per heavy atom. The largest absolute Gasteiger partial charge is 0.392 e. The molecule has 0 amide bonds. The van der Waals surface area contributed by atoms with Gasteiger partial charge in [0.15, 0.2) is 0 Å². The van der Waals surface area contributed by atoms with Crippen molar-refractivity contribution in [1.29, 1.82) is 0 Å². The molecular formula is C17H21FN2O. The summed E-state index contributed by atoms with van der Waals surface area (Å²) in [7, 11) is 0. The van der Waals surface area contributed by atoms with Crippen molar-refractivity contribution >= 4 is 0 Å². The van der Waals surface area contributed by atoms with E-state index in [1.807, 2.05) is 24.0 Å². The summed E-state index contributed by atoms with van der Waals surface area (Å²) in [6.45, 7) is 1.67. The first-order valence-electron chi connectivity index (χ1n) is 7.63. The van der Waals surface area contributed by atoms with Gasteiger partial charge in [-0.25, -0.2) is 4.39 Å². The third-order valence-corrected chi connectivity index (χ3v) is 4.43.